The van der Waals surface area contributed by atoms with Gasteiger partial charge in [0.05, 0.1) is 0 Å². The third-order valence-corrected chi connectivity index (χ3v) is 3.02. The third kappa shape index (κ3) is 4.67. The van der Waals surface area contributed by atoms with Gasteiger partial charge >= 0.3 is 0 Å². The molecule has 16 heavy (non-hydrogen) atoms. The molecule has 90 valence electrons. The van der Waals surface area contributed by atoms with Gasteiger partial charge in [-0.3, -0.25) is 4.79 Å². The highest BCUT2D eigenvalue weighted by atomic mass is 32.1. The van der Waals surface area contributed by atoms with Crippen LogP contribution in [-0.4, -0.2) is 21.8 Å². The number of rotatable bonds is 6. The van der Waals surface area contributed by atoms with Gasteiger partial charge in [0.15, 0.2) is 0 Å². The minimum Gasteiger partial charge on any atom is -0.330 e. The van der Waals surface area contributed by atoms with Crippen LogP contribution in [0.4, 0.5) is 5.13 Å². The predicted octanol–water partition coefficient (Wildman–Crippen LogP) is 1.55. The average molecular weight is 242 g/mol. The van der Waals surface area contributed by atoms with E-state index in [0.717, 1.165) is 12.8 Å². The predicted molar refractivity (Wildman–Crippen MR) is 65.3 cm³/mol. The Morgan fingerprint density at radius 3 is 2.88 bits per heavy atom. The van der Waals surface area contributed by atoms with Crippen LogP contribution in [0, 0.1) is 12.8 Å². The molecule has 0 spiro atoms. The molecule has 5 nitrogen and oxygen atoms in total. The quantitative estimate of drug-likeness (QED) is 0.793. The first kappa shape index (κ1) is 13.1. The largest absolute Gasteiger partial charge is 0.330 e. The van der Waals surface area contributed by atoms with Crippen molar-refractivity contribution in [2.45, 2.75) is 33.1 Å². The summed E-state index contributed by atoms with van der Waals surface area (Å²) < 4.78 is 3.99. The van der Waals surface area contributed by atoms with E-state index >= 15 is 0 Å². The monoisotopic (exact) mass is 242 g/mol. The number of nitrogens with one attached hydrogen (secondary N) is 1. The number of anilines is 1. The Bertz CT molecular complexity index is 339. The minimum atomic E-state index is 0.0000198. The van der Waals surface area contributed by atoms with Crippen molar-refractivity contribution in [3.05, 3.63) is 5.82 Å². The molecule has 1 aromatic rings. The van der Waals surface area contributed by atoms with Crippen LogP contribution in [0.3, 0.4) is 0 Å². The van der Waals surface area contributed by atoms with E-state index in [-0.39, 0.29) is 5.91 Å². The number of carbonyl (C=O) groups excluding carboxylic acids is 1. The zero-order chi connectivity index (χ0) is 12.0. The van der Waals surface area contributed by atoms with E-state index in [4.69, 9.17) is 5.73 Å². The van der Waals surface area contributed by atoms with Crippen LogP contribution >= 0.6 is 11.5 Å². The second kappa shape index (κ2) is 6.55. The Labute approximate surface area is 99.6 Å². The van der Waals surface area contributed by atoms with E-state index in [1.54, 1.807) is 6.92 Å². The summed E-state index contributed by atoms with van der Waals surface area (Å²) in [6, 6.07) is 0. The summed E-state index contributed by atoms with van der Waals surface area (Å²) in [5.41, 5.74) is 5.44. The first-order valence-corrected chi connectivity index (χ1v) is 6.19. The fourth-order valence-corrected chi connectivity index (χ4v) is 1.93. The molecule has 1 heterocycles. The lowest BCUT2D eigenvalue weighted by molar-refractivity contribution is -0.116. The molecule has 0 saturated heterocycles. The maximum absolute atomic E-state index is 11.5. The molecule has 0 aliphatic rings. The summed E-state index contributed by atoms with van der Waals surface area (Å²) in [4.78, 5) is 15.6. The number of carbonyl (C=O) groups is 1. The number of hydrogen-bond donors (Lipinski definition) is 2. The molecule has 1 aromatic heterocycles. The molecule has 0 saturated carbocycles. The van der Waals surface area contributed by atoms with Gasteiger partial charge in [0, 0.05) is 18.0 Å². The molecule has 3 N–H and O–H groups in total. The fraction of sp³-hybridized carbons (Fsp3) is 0.700. The number of hydrogen-bond acceptors (Lipinski definition) is 5. The van der Waals surface area contributed by atoms with Crippen LogP contribution in [0.5, 0.6) is 0 Å². The van der Waals surface area contributed by atoms with Crippen LogP contribution in [-0.2, 0) is 4.79 Å². The number of nitrogens with two attached hydrogens (primary N) is 1. The van der Waals surface area contributed by atoms with E-state index in [1.807, 2.05) is 0 Å². The highest BCUT2D eigenvalue weighted by Crippen LogP contribution is 2.13. The zero-order valence-electron chi connectivity index (χ0n) is 9.69. The van der Waals surface area contributed by atoms with Gasteiger partial charge in [-0.2, -0.15) is 4.37 Å². The van der Waals surface area contributed by atoms with Crippen molar-refractivity contribution >= 4 is 22.6 Å². The summed E-state index contributed by atoms with van der Waals surface area (Å²) in [6.07, 6.45) is 2.34. The number of aromatic nitrogens is 2. The number of aryl methyl sites for hydroxylation is 1. The molecule has 0 aliphatic carbocycles. The normalized spacial score (nSPS) is 12.4. The summed E-state index contributed by atoms with van der Waals surface area (Å²) >= 11 is 1.21. The Kier molecular flexibility index (Phi) is 5.34. The van der Waals surface area contributed by atoms with E-state index in [9.17, 15) is 4.79 Å². The molecule has 0 aliphatic heterocycles. The van der Waals surface area contributed by atoms with Crippen LogP contribution in [0.1, 0.15) is 32.0 Å². The van der Waals surface area contributed by atoms with Crippen molar-refractivity contribution in [1.82, 2.24) is 9.36 Å². The van der Waals surface area contributed by atoms with Gasteiger partial charge in [-0.15, -0.1) is 0 Å². The highest BCUT2D eigenvalue weighted by molar-refractivity contribution is 7.09. The highest BCUT2D eigenvalue weighted by Gasteiger charge is 2.08. The number of amides is 1. The Balaban J connectivity index is 2.26. The summed E-state index contributed by atoms with van der Waals surface area (Å²) in [5, 5.41) is 3.31. The molecule has 1 atom stereocenters. The molecular weight excluding hydrogens is 224 g/mol. The lowest BCUT2D eigenvalue weighted by Crippen LogP contribution is -2.13. The molecule has 0 fully saturated rings. The van der Waals surface area contributed by atoms with Gasteiger partial charge in [0.25, 0.3) is 0 Å². The Morgan fingerprint density at radius 2 is 2.31 bits per heavy atom. The SMILES string of the molecule is Cc1nsc(NC(=O)CCC(C)CCN)n1. The van der Waals surface area contributed by atoms with Crippen LogP contribution < -0.4 is 11.1 Å². The maximum Gasteiger partial charge on any atom is 0.226 e. The molecule has 0 bridgehead atoms. The van der Waals surface area contributed by atoms with Crippen molar-refractivity contribution in [2.75, 3.05) is 11.9 Å². The topological polar surface area (TPSA) is 80.9 Å². The first-order chi connectivity index (χ1) is 7.61. The average Bonchev–Trinajstić information content (AvgIpc) is 2.61. The second-order valence-electron chi connectivity index (χ2n) is 3.92. The van der Waals surface area contributed by atoms with Gasteiger partial charge in [0.1, 0.15) is 5.82 Å². The van der Waals surface area contributed by atoms with E-state index in [0.29, 0.717) is 29.8 Å². The molecular formula is C10H18N4OS. The fourth-order valence-electron chi connectivity index (χ4n) is 1.34. The molecule has 1 unspecified atom stereocenters. The van der Waals surface area contributed by atoms with Crippen molar-refractivity contribution < 1.29 is 4.79 Å². The van der Waals surface area contributed by atoms with E-state index in [1.165, 1.54) is 11.5 Å². The summed E-state index contributed by atoms with van der Waals surface area (Å²) in [5.74, 6) is 1.18. The lowest BCUT2D eigenvalue weighted by atomic mass is 10.0. The maximum atomic E-state index is 11.5. The van der Waals surface area contributed by atoms with Crippen LogP contribution in [0.15, 0.2) is 0 Å². The lowest BCUT2D eigenvalue weighted by Gasteiger charge is -2.08. The Morgan fingerprint density at radius 1 is 1.56 bits per heavy atom. The van der Waals surface area contributed by atoms with Crippen molar-refractivity contribution in [3.63, 3.8) is 0 Å². The van der Waals surface area contributed by atoms with Gasteiger partial charge in [-0.25, -0.2) is 4.98 Å². The van der Waals surface area contributed by atoms with Gasteiger partial charge in [-0.1, -0.05) is 6.92 Å². The van der Waals surface area contributed by atoms with E-state index in [2.05, 4.69) is 21.6 Å². The smallest absolute Gasteiger partial charge is 0.226 e. The number of nitrogens with zero attached hydrogens (tertiary/aromatic N) is 2. The van der Waals surface area contributed by atoms with E-state index < -0.39 is 0 Å². The second-order valence-corrected chi connectivity index (χ2v) is 4.67. The summed E-state index contributed by atoms with van der Waals surface area (Å²) in [7, 11) is 0. The summed E-state index contributed by atoms with van der Waals surface area (Å²) in [6.45, 7) is 4.59. The zero-order valence-corrected chi connectivity index (χ0v) is 10.5. The molecule has 1 rings (SSSR count). The molecule has 6 heteroatoms. The third-order valence-electron chi connectivity index (χ3n) is 2.30. The molecule has 0 aromatic carbocycles. The molecule has 1 amide bonds. The minimum absolute atomic E-state index is 0.0000198. The van der Waals surface area contributed by atoms with Crippen LogP contribution in [0.2, 0.25) is 0 Å². The van der Waals surface area contributed by atoms with Gasteiger partial charge < -0.3 is 11.1 Å². The van der Waals surface area contributed by atoms with Crippen molar-refractivity contribution in [1.29, 1.82) is 0 Å². The van der Waals surface area contributed by atoms with Gasteiger partial charge in [-0.05, 0) is 32.2 Å². The van der Waals surface area contributed by atoms with Gasteiger partial charge in [0.2, 0.25) is 11.0 Å². The van der Waals surface area contributed by atoms with Crippen LogP contribution in [0.25, 0.3) is 0 Å². The van der Waals surface area contributed by atoms with Crippen molar-refractivity contribution in [3.8, 4) is 0 Å². The Hall–Kier alpha value is -1.01. The standard InChI is InChI=1S/C10H18N4OS/c1-7(5-6-11)3-4-9(15)13-10-12-8(2)14-16-10/h7H,3-6,11H2,1-2H3,(H,12,13,14,15). The molecule has 0 radical (unpaired) electrons. The first-order valence-electron chi connectivity index (χ1n) is 5.42. The van der Waals surface area contributed by atoms with Crippen molar-refractivity contribution in [2.24, 2.45) is 11.7 Å².